The Bertz CT molecular complexity index is 452. The molecular weight excluding hydrogens is 271 g/mol. The maximum Gasteiger partial charge on any atom is 0.226 e. The largest absolute Gasteiger partial charge is 0.494 e. The Labute approximate surface area is 118 Å². The van der Waals surface area contributed by atoms with Gasteiger partial charge in [-0.25, -0.2) is 4.39 Å². The van der Waals surface area contributed by atoms with Crippen LogP contribution in [0.4, 0.5) is 4.39 Å². The third-order valence-corrected chi connectivity index (χ3v) is 3.19. The second kappa shape index (κ2) is 6.73. The topological polar surface area (TPSA) is 50.4 Å². The van der Waals surface area contributed by atoms with Gasteiger partial charge in [-0.05, 0) is 24.6 Å². The van der Waals surface area contributed by atoms with Crippen LogP contribution in [0.3, 0.4) is 0 Å². The molecule has 0 saturated carbocycles. The number of benzene rings is 1. The van der Waals surface area contributed by atoms with Gasteiger partial charge in [0.25, 0.3) is 0 Å². The average molecular weight is 289 g/mol. The number of ether oxygens (including phenoxy) is 1. The number of hydrogen-bond acceptors (Lipinski definition) is 3. The van der Waals surface area contributed by atoms with Crippen molar-refractivity contribution in [3.05, 3.63) is 29.6 Å². The molecule has 2 rings (SSSR count). The quantitative estimate of drug-likeness (QED) is 0.886. The molecule has 0 bridgehead atoms. The lowest BCUT2D eigenvalue weighted by Gasteiger charge is -2.27. The van der Waals surface area contributed by atoms with Crippen LogP contribution >= 0.6 is 12.4 Å². The fourth-order valence-electron chi connectivity index (χ4n) is 1.84. The van der Waals surface area contributed by atoms with Crippen LogP contribution < -0.4 is 15.4 Å². The van der Waals surface area contributed by atoms with Crippen molar-refractivity contribution in [2.24, 2.45) is 5.92 Å². The Morgan fingerprint density at radius 1 is 1.53 bits per heavy atom. The first-order valence-corrected chi connectivity index (χ1v) is 5.96. The molecule has 1 aliphatic heterocycles. The van der Waals surface area contributed by atoms with E-state index in [9.17, 15) is 9.18 Å². The Morgan fingerprint density at radius 2 is 2.21 bits per heavy atom. The Morgan fingerprint density at radius 3 is 2.68 bits per heavy atom. The first-order chi connectivity index (χ1) is 8.61. The van der Waals surface area contributed by atoms with Gasteiger partial charge in [0.2, 0.25) is 5.91 Å². The van der Waals surface area contributed by atoms with Crippen LogP contribution in [0.15, 0.2) is 18.2 Å². The monoisotopic (exact) mass is 288 g/mol. The molecule has 6 heteroatoms. The van der Waals surface area contributed by atoms with Crippen molar-refractivity contribution in [2.45, 2.75) is 13.0 Å². The van der Waals surface area contributed by atoms with Crippen molar-refractivity contribution < 1.29 is 13.9 Å². The van der Waals surface area contributed by atoms with Crippen LogP contribution in [0.5, 0.6) is 5.75 Å². The van der Waals surface area contributed by atoms with Crippen LogP contribution in [-0.2, 0) is 4.79 Å². The summed E-state index contributed by atoms with van der Waals surface area (Å²) in [4.78, 5) is 11.7. The third kappa shape index (κ3) is 3.58. The number of halogens is 2. The normalized spacial score (nSPS) is 15.9. The summed E-state index contributed by atoms with van der Waals surface area (Å²) in [6, 6.07) is 4.51. The highest BCUT2D eigenvalue weighted by Crippen LogP contribution is 2.22. The van der Waals surface area contributed by atoms with Crippen LogP contribution in [0.2, 0.25) is 0 Å². The molecule has 0 spiro atoms. The van der Waals surface area contributed by atoms with Gasteiger partial charge < -0.3 is 15.4 Å². The lowest BCUT2D eigenvalue weighted by molar-refractivity contribution is -0.127. The van der Waals surface area contributed by atoms with Crippen molar-refractivity contribution in [1.82, 2.24) is 10.6 Å². The predicted octanol–water partition coefficient (Wildman–Crippen LogP) is 1.65. The maximum atomic E-state index is 13.5. The summed E-state index contributed by atoms with van der Waals surface area (Å²) in [5.74, 6) is -0.157. The van der Waals surface area contributed by atoms with Crippen molar-refractivity contribution in [2.75, 3.05) is 20.2 Å². The van der Waals surface area contributed by atoms with E-state index < -0.39 is 5.82 Å². The maximum absolute atomic E-state index is 13.5. The molecule has 2 N–H and O–H groups in total. The lowest BCUT2D eigenvalue weighted by Crippen LogP contribution is -2.51. The van der Waals surface area contributed by atoms with E-state index in [0.717, 1.165) is 18.7 Å². The zero-order valence-electron chi connectivity index (χ0n) is 10.9. The summed E-state index contributed by atoms with van der Waals surface area (Å²) in [5, 5.41) is 5.92. The van der Waals surface area contributed by atoms with Crippen LogP contribution in [0, 0.1) is 11.7 Å². The van der Waals surface area contributed by atoms with Gasteiger partial charge in [0.1, 0.15) is 0 Å². The molecule has 1 atom stereocenters. The second-order valence-electron chi connectivity index (χ2n) is 4.48. The summed E-state index contributed by atoms with van der Waals surface area (Å²) < 4.78 is 18.4. The summed E-state index contributed by atoms with van der Waals surface area (Å²) in [6.07, 6.45) is 0. The first-order valence-electron chi connectivity index (χ1n) is 5.96. The van der Waals surface area contributed by atoms with Crippen molar-refractivity contribution in [3.8, 4) is 5.75 Å². The van der Waals surface area contributed by atoms with Crippen LogP contribution in [0.1, 0.15) is 18.5 Å². The molecule has 1 saturated heterocycles. The van der Waals surface area contributed by atoms with Gasteiger partial charge in [-0.3, -0.25) is 4.79 Å². The number of amides is 1. The summed E-state index contributed by atoms with van der Waals surface area (Å²) in [7, 11) is 1.42. The SMILES string of the molecule is COc1ccc(C(C)NC(=O)C2CNC2)cc1F.Cl. The van der Waals surface area contributed by atoms with E-state index in [1.807, 2.05) is 6.92 Å². The standard InChI is InChI=1S/C13H17FN2O2.ClH/c1-8(16-13(17)10-6-15-7-10)9-3-4-12(18-2)11(14)5-9;/h3-5,8,10,15H,6-7H2,1-2H3,(H,16,17);1H. The molecule has 1 aromatic carbocycles. The fraction of sp³-hybridized carbons (Fsp3) is 0.462. The van der Waals surface area contributed by atoms with E-state index >= 15 is 0 Å². The van der Waals surface area contributed by atoms with Crippen LogP contribution in [0.25, 0.3) is 0 Å². The van der Waals surface area contributed by atoms with Gasteiger partial charge in [-0.15, -0.1) is 12.4 Å². The van der Waals surface area contributed by atoms with Gasteiger partial charge in [0, 0.05) is 13.1 Å². The van der Waals surface area contributed by atoms with Crippen molar-refractivity contribution in [1.29, 1.82) is 0 Å². The number of methoxy groups -OCH3 is 1. The molecule has 1 heterocycles. The molecule has 106 valence electrons. The van der Waals surface area contributed by atoms with Gasteiger partial charge in [0.05, 0.1) is 19.1 Å². The minimum atomic E-state index is -0.415. The molecule has 19 heavy (non-hydrogen) atoms. The minimum Gasteiger partial charge on any atom is -0.494 e. The molecule has 1 aliphatic rings. The lowest BCUT2D eigenvalue weighted by atomic mass is 10.0. The fourth-order valence-corrected chi connectivity index (χ4v) is 1.84. The van der Waals surface area contributed by atoms with E-state index in [4.69, 9.17) is 4.74 Å². The Balaban J connectivity index is 0.00000180. The highest BCUT2D eigenvalue weighted by Gasteiger charge is 2.26. The molecule has 1 amide bonds. The molecule has 0 aromatic heterocycles. The molecule has 1 aromatic rings. The van der Waals surface area contributed by atoms with E-state index in [1.165, 1.54) is 13.2 Å². The zero-order valence-corrected chi connectivity index (χ0v) is 11.7. The Kier molecular flexibility index (Phi) is 5.57. The van der Waals surface area contributed by atoms with E-state index in [-0.39, 0.29) is 36.0 Å². The van der Waals surface area contributed by atoms with Crippen molar-refractivity contribution >= 4 is 18.3 Å². The number of rotatable bonds is 4. The van der Waals surface area contributed by atoms with Gasteiger partial charge >= 0.3 is 0 Å². The second-order valence-corrected chi connectivity index (χ2v) is 4.48. The predicted molar refractivity (Wildman–Crippen MR) is 73.1 cm³/mol. The van der Waals surface area contributed by atoms with E-state index in [2.05, 4.69) is 10.6 Å². The van der Waals surface area contributed by atoms with Crippen molar-refractivity contribution in [3.63, 3.8) is 0 Å². The zero-order chi connectivity index (χ0) is 13.1. The highest BCUT2D eigenvalue weighted by atomic mass is 35.5. The summed E-state index contributed by atoms with van der Waals surface area (Å²) >= 11 is 0. The molecule has 1 unspecified atom stereocenters. The number of hydrogen-bond donors (Lipinski definition) is 2. The molecule has 1 fully saturated rings. The number of carbonyl (C=O) groups is 1. The highest BCUT2D eigenvalue weighted by molar-refractivity contribution is 5.85. The Hall–Kier alpha value is -1.33. The first kappa shape index (κ1) is 15.7. The summed E-state index contributed by atoms with van der Waals surface area (Å²) in [6.45, 7) is 3.27. The van der Waals surface area contributed by atoms with E-state index in [0.29, 0.717) is 0 Å². The van der Waals surface area contributed by atoms with Gasteiger partial charge in [0.15, 0.2) is 11.6 Å². The third-order valence-electron chi connectivity index (χ3n) is 3.19. The summed E-state index contributed by atoms with van der Waals surface area (Å²) in [5.41, 5.74) is 0.730. The number of carbonyl (C=O) groups excluding carboxylic acids is 1. The smallest absolute Gasteiger partial charge is 0.226 e. The van der Waals surface area contributed by atoms with Gasteiger partial charge in [-0.1, -0.05) is 6.07 Å². The number of nitrogens with one attached hydrogen (secondary N) is 2. The van der Waals surface area contributed by atoms with Gasteiger partial charge in [-0.2, -0.15) is 0 Å². The molecule has 4 nitrogen and oxygen atoms in total. The molecule has 0 aliphatic carbocycles. The van der Waals surface area contributed by atoms with E-state index in [1.54, 1.807) is 12.1 Å². The minimum absolute atomic E-state index is 0. The molecular formula is C13H18ClFN2O2. The van der Waals surface area contributed by atoms with Crippen LogP contribution in [-0.4, -0.2) is 26.1 Å². The molecule has 0 radical (unpaired) electrons. The average Bonchev–Trinajstić information content (AvgIpc) is 2.26.